The maximum absolute atomic E-state index is 16.6. The van der Waals surface area contributed by atoms with Crippen LogP contribution in [0.4, 0.5) is 15.3 Å². The average Bonchev–Trinajstić information content (AvgIpc) is 0.757. The first-order valence-corrected chi connectivity index (χ1v) is 40.7. The SMILES string of the molecule is CNCCOc1ccc(NC(=O)NC(=O)C[C@@H]2NC(=O)[C@H](NC(=O)[C@@H](CC(C)C)NC)[C@H](O)c3ccc(c(C)c3)Oc3cc4cc(c3O[C@@H]3O[C@@H]5CNC(=O)O[C@H]5[C@H](O)[C@H]3O)Oc3ccc(cc3Cl)[C@@H](O)[C@@H]3NC(=O)[C@H](NC(=O)[C@@H]4NC2=O)c2ccc(O)c(c2)-c2c(O)cc(O)cc2[C@@H](C(=O)NC2C4CC5CC(C4)CC2C5)NC3=O)cc1OCCNC. The molecule has 7 aliphatic heterocycles. The van der Waals surface area contributed by atoms with Crippen LogP contribution in [0.5, 0.6) is 57.5 Å². The lowest BCUT2D eigenvalue weighted by Crippen LogP contribution is -2.65. The molecule has 4 saturated carbocycles. The van der Waals surface area contributed by atoms with E-state index in [2.05, 4.69) is 69.1 Å². The van der Waals surface area contributed by atoms with Gasteiger partial charge >= 0.3 is 12.1 Å². The topological polar surface area (TPSA) is 533 Å². The summed E-state index contributed by atoms with van der Waals surface area (Å²) in [4.78, 5) is 151. The molecule has 7 heterocycles. The number of fused-ring (bicyclic) bond motifs is 16. The Labute approximate surface area is 704 Å². The number of nitrogens with one attached hydrogen (secondary N) is 13. The second-order valence-electron chi connectivity index (χ2n) is 32.3. The Morgan fingerprint density at radius 2 is 1.27 bits per heavy atom. The fourth-order valence-electron chi connectivity index (χ4n) is 17.5. The molecule has 20 N–H and O–H groups in total. The van der Waals surface area contributed by atoms with Crippen LogP contribution in [0.1, 0.15) is 123 Å². The van der Waals surface area contributed by atoms with Crippen molar-refractivity contribution in [2.24, 2.45) is 29.6 Å². The quantitative estimate of drug-likeness (QED) is 0.0488. The minimum absolute atomic E-state index is 0.0508. The number of hydrogen-bond donors (Lipinski definition) is 20. The van der Waals surface area contributed by atoms with Crippen LogP contribution in [0.2, 0.25) is 5.02 Å². The highest BCUT2D eigenvalue weighted by atomic mass is 35.5. The van der Waals surface area contributed by atoms with E-state index in [1.807, 2.05) is 13.8 Å². The number of alkyl carbamates (subject to hydrolysis) is 1. The summed E-state index contributed by atoms with van der Waals surface area (Å²) in [6, 6.07) is 3.98. The van der Waals surface area contributed by atoms with E-state index in [0.29, 0.717) is 30.7 Å². The Morgan fingerprint density at radius 3 is 1.94 bits per heavy atom. The molecule has 650 valence electrons. The summed E-state index contributed by atoms with van der Waals surface area (Å²) in [5, 5.41) is 119. The molecule has 14 atom stereocenters. The highest BCUT2D eigenvalue weighted by molar-refractivity contribution is 6.32. The van der Waals surface area contributed by atoms with Crippen molar-refractivity contribution >= 4 is 76.7 Å². The number of ether oxygens (including phenoxy) is 7. The molecule has 11 aliphatic rings. The summed E-state index contributed by atoms with van der Waals surface area (Å²) >= 11 is 7.23. The number of phenolic OH excluding ortho intramolecular Hbond substituents is 3. The number of urea groups is 1. The van der Waals surface area contributed by atoms with Crippen LogP contribution in [-0.4, -0.2) is 210 Å². The molecule has 6 aromatic rings. The number of aliphatic hydroxyl groups is 4. The highest BCUT2D eigenvalue weighted by Gasteiger charge is 2.53. The van der Waals surface area contributed by atoms with Gasteiger partial charge in [0.2, 0.25) is 59.3 Å². The number of anilines is 1. The molecule has 0 radical (unpaired) electrons. The molecule has 6 aromatic carbocycles. The zero-order chi connectivity index (χ0) is 86.8. The van der Waals surface area contributed by atoms with E-state index in [0.717, 1.165) is 80.6 Å². The summed E-state index contributed by atoms with van der Waals surface area (Å²) in [5.41, 5.74) is -1.73. The number of phenols is 3. The predicted molar refractivity (Wildman–Crippen MR) is 432 cm³/mol. The number of halogens is 1. The van der Waals surface area contributed by atoms with E-state index in [1.54, 1.807) is 14.1 Å². The van der Waals surface area contributed by atoms with Crippen LogP contribution in [0.25, 0.3) is 11.1 Å². The van der Waals surface area contributed by atoms with E-state index >= 15 is 28.8 Å². The van der Waals surface area contributed by atoms with Gasteiger partial charge in [0.25, 0.3) is 0 Å². The molecule has 17 rings (SSSR count). The molecule has 0 spiro atoms. The molecule has 6 fully saturated rings. The summed E-state index contributed by atoms with van der Waals surface area (Å²) < 4.78 is 43.5. The normalized spacial score (nSPS) is 27.3. The molecular weight excluding hydrogens is 1610 g/mol. The predicted octanol–water partition coefficient (Wildman–Crippen LogP) is 3.19. The molecule has 15 bridgehead atoms. The van der Waals surface area contributed by atoms with E-state index in [4.69, 9.17) is 44.8 Å². The van der Waals surface area contributed by atoms with Crippen molar-refractivity contribution in [3.05, 3.63) is 135 Å². The third kappa shape index (κ3) is 18.8. The number of carbonyl (C=O) groups excluding carboxylic acids is 10. The first kappa shape index (κ1) is 86.6. The summed E-state index contributed by atoms with van der Waals surface area (Å²) in [6.07, 6.45) is -10.3. The zero-order valence-electron chi connectivity index (χ0n) is 67.2. The number of aromatic hydroxyl groups is 3. The largest absolute Gasteiger partial charge is 0.508 e. The average molecular weight is 1710 g/mol. The molecular formula is C84H98ClN13O24. The van der Waals surface area contributed by atoms with Crippen LogP contribution >= 0.6 is 11.6 Å². The number of likely N-dealkylation sites (N-methyl/N-ethyl adjacent to an activating group) is 3. The molecule has 4 aliphatic carbocycles. The number of hydrogen-bond acceptors (Lipinski definition) is 27. The Morgan fingerprint density at radius 1 is 0.623 bits per heavy atom. The Hall–Kier alpha value is -11.8. The van der Waals surface area contributed by atoms with Crippen LogP contribution in [0.3, 0.4) is 0 Å². The van der Waals surface area contributed by atoms with Crippen molar-refractivity contribution in [1.29, 1.82) is 0 Å². The lowest BCUT2D eigenvalue weighted by molar-refractivity contribution is -0.275. The van der Waals surface area contributed by atoms with Crippen LogP contribution in [0.15, 0.2) is 97.1 Å². The number of imide groups is 1. The maximum Gasteiger partial charge on any atom is 0.407 e. The van der Waals surface area contributed by atoms with Crippen molar-refractivity contribution in [3.63, 3.8) is 0 Å². The fourth-order valence-corrected chi connectivity index (χ4v) is 17.7. The fraction of sp³-hybridized carbons (Fsp3) is 0.452. The number of benzene rings is 6. The number of amides is 11. The summed E-state index contributed by atoms with van der Waals surface area (Å²) in [6.45, 7) is 6.16. The smallest absolute Gasteiger partial charge is 0.407 e. The number of aryl methyl sites for hydroxylation is 1. The van der Waals surface area contributed by atoms with Crippen molar-refractivity contribution in [2.45, 2.75) is 157 Å². The van der Waals surface area contributed by atoms with Crippen LogP contribution in [-0.2, 0) is 47.8 Å². The van der Waals surface area contributed by atoms with Gasteiger partial charge in [-0.1, -0.05) is 43.6 Å². The minimum atomic E-state index is -2.36. The lowest BCUT2D eigenvalue weighted by Gasteiger charge is -2.54. The number of rotatable bonds is 20. The Balaban J connectivity index is 0.931. The van der Waals surface area contributed by atoms with Gasteiger partial charge < -0.3 is 133 Å². The van der Waals surface area contributed by atoms with E-state index in [-0.39, 0.29) is 117 Å². The zero-order valence-corrected chi connectivity index (χ0v) is 68.0. The van der Waals surface area contributed by atoms with Gasteiger partial charge in [0.15, 0.2) is 29.1 Å². The number of carbonyl (C=O) groups is 10. The van der Waals surface area contributed by atoms with Gasteiger partial charge in [0.1, 0.15) is 109 Å². The molecule has 38 heteroatoms. The first-order chi connectivity index (χ1) is 58.4. The standard InChI is InChI=1S/C84H98ClN13O24/c1-35(2)19-50(88-6)75(107)97-67-69(103)40-8-12-54(36(3)20-40)118-58-28-44-29-59(73(58)121-82-72(106)71(105)74-60(120-82)34-89-84(115)122-74)119-55-13-9-41(27-49(55)85)70(104)68-81(113)96-66(79(111)93-63-42-22-37-21-38(24-42)25-43(63)23-37)48-31-46(99)32-53(101)62(48)47-26-39(7-11-52(47)100)64(77(109)98-68)95-78(110)65(44)94-76(108)51(91-80(67)112)33-61(102)92-83(114)90-45-10-14-56(116-17-15-86-4)57(30-45)117-18-16-87-5/h7-14,20,26-32,35,37-38,42-43,50-51,60,63-72,74,82,86-88,99-101,103-106H,15-19,21-25,33-34H2,1-6H3,(H,89,115)(H,91,112)(H,93,111)(H,94,108)(H,95,110)(H,96,113)(H,97,107)(H,98,109)(H2,90,92,102,114)/t37?,38?,42?,43?,50-,51+,60-,63?,64-,65-,66+,67-,68+,69-,70-,71-,72-,74-,82+/m1/s1. The van der Waals surface area contributed by atoms with E-state index in [9.17, 15) is 54.9 Å². The molecule has 0 unspecified atom stereocenters. The van der Waals surface area contributed by atoms with Gasteiger partial charge in [-0.25, -0.2) is 9.59 Å². The number of aliphatic hydroxyl groups excluding tert-OH is 4. The van der Waals surface area contributed by atoms with Gasteiger partial charge in [-0.15, -0.1) is 0 Å². The van der Waals surface area contributed by atoms with Crippen molar-refractivity contribution < 1.29 is 117 Å². The van der Waals surface area contributed by atoms with Gasteiger partial charge in [0, 0.05) is 48.1 Å². The second-order valence-corrected chi connectivity index (χ2v) is 32.7. The van der Waals surface area contributed by atoms with Gasteiger partial charge in [-0.2, -0.15) is 0 Å². The Bertz CT molecular complexity index is 5030. The lowest BCUT2D eigenvalue weighted by atomic mass is 9.54. The molecule has 0 aromatic heterocycles. The van der Waals surface area contributed by atoms with Crippen molar-refractivity contribution in [1.82, 2.24) is 63.8 Å². The summed E-state index contributed by atoms with van der Waals surface area (Å²) in [7, 11) is 4.94. The Kier molecular flexibility index (Phi) is 26.2. The van der Waals surface area contributed by atoms with Gasteiger partial charge in [0.05, 0.1) is 24.0 Å². The van der Waals surface area contributed by atoms with Gasteiger partial charge in [-0.3, -0.25) is 43.7 Å². The molecule has 2 saturated heterocycles. The van der Waals surface area contributed by atoms with Crippen LogP contribution in [0, 0.1) is 36.5 Å². The monoisotopic (exact) mass is 1710 g/mol. The molecule has 122 heavy (non-hydrogen) atoms. The van der Waals surface area contributed by atoms with E-state index in [1.165, 1.54) is 62.5 Å². The third-order valence-corrected chi connectivity index (χ3v) is 23.6. The van der Waals surface area contributed by atoms with E-state index < -0.39 is 191 Å². The molecule has 11 amide bonds. The van der Waals surface area contributed by atoms with Crippen molar-refractivity contribution in [2.75, 3.05) is 59.3 Å². The molecule has 37 nitrogen and oxygen atoms in total. The summed E-state index contributed by atoms with van der Waals surface area (Å²) in [5.74, 6) is -12.4. The van der Waals surface area contributed by atoms with Gasteiger partial charge in [-0.05, 0) is 196 Å². The first-order valence-electron chi connectivity index (χ1n) is 40.3. The van der Waals surface area contributed by atoms with Crippen LogP contribution < -0.4 is 92.8 Å². The third-order valence-electron chi connectivity index (χ3n) is 23.3. The second kappa shape index (κ2) is 36.9. The maximum atomic E-state index is 16.6. The highest BCUT2D eigenvalue weighted by Crippen LogP contribution is 2.55. The van der Waals surface area contributed by atoms with Crippen molar-refractivity contribution in [3.8, 4) is 68.6 Å². The minimum Gasteiger partial charge on any atom is -0.508 e.